The van der Waals surface area contributed by atoms with Crippen LogP contribution in [0.3, 0.4) is 0 Å². The van der Waals surface area contributed by atoms with E-state index in [-0.39, 0.29) is 11.6 Å². The van der Waals surface area contributed by atoms with Crippen molar-refractivity contribution < 1.29 is 9.32 Å². The molecule has 0 aliphatic heterocycles. The Morgan fingerprint density at radius 2 is 2.17 bits per heavy atom. The number of carbonyl (C=O) groups excluding carboxylic acids is 1. The van der Waals surface area contributed by atoms with Crippen LogP contribution in [0.5, 0.6) is 0 Å². The van der Waals surface area contributed by atoms with Crippen LogP contribution in [-0.2, 0) is 6.42 Å². The molecular weight excluding hydrogens is 334 g/mol. The van der Waals surface area contributed by atoms with Gasteiger partial charge in [-0.25, -0.2) is 4.98 Å². The summed E-state index contributed by atoms with van der Waals surface area (Å²) in [5.41, 5.74) is 2.40. The Morgan fingerprint density at radius 1 is 1.35 bits per heavy atom. The van der Waals surface area contributed by atoms with Gasteiger partial charge in [-0.1, -0.05) is 28.9 Å². The predicted molar refractivity (Wildman–Crippen MR) is 90.3 cm³/mol. The molecule has 0 fully saturated rings. The number of amides is 1. The lowest BCUT2D eigenvalue weighted by molar-refractivity contribution is 0.101. The zero-order valence-electron chi connectivity index (χ0n) is 12.6. The molecule has 1 amide bonds. The second-order valence-electron chi connectivity index (χ2n) is 5.17. The molecule has 0 bridgehead atoms. The van der Waals surface area contributed by atoms with Crippen LogP contribution >= 0.6 is 22.9 Å². The highest BCUT2D eigenvalue weighted by Gasteiger charge is 2.13. The molecule has 5 nitrogen and oxygen atoms in total. The van der Waals surface area contributed by atoms with Gasteiger partial charge in [-0.3, -0.25) is 10.1 Å². The van der Waals surface area contributed by atoms with Gasteiger partial charge in [0.05, 0.1) is 0 Å². The molecule has 0 aliphatic rings. The van der Waals surface area contributed by atoms with Crippen LogP contribution in [0.15, 0.2) is 35.0 Å². The van der Waals surface area contributed by atoms with Crippen molar-refractivity contribution in [2.75, 3.05) is 5.32 Å². The lowest BCUT2D eigenvalue weighted by atomic mass is 10.1. The molecule has 7 heteroatoms. The molecule has 2 aromatic heterocycles. The number of aryl methyl sites for hydroxylation is 2. The topological polar surface area (TPSA) is 68.0 Å². The first kappa shape index (κ1) is 15.7. The highest BCUT2D eigenvalue weighted by molar-refractivity contribution is 7.15. The lowest BCUT2D eigenvalue weighted by Gasteiger charge is -2.02. The number of halogens is 1. The maximum atomic E-state index is 12.0. The van der Waals surface area contributed by atoms with Crippen LogP contribution in [0.2, 0.25) is 5.02 Å². The third-order valence-electron chi connectivity index (χ3n) is 3.25. The van der Waals surface area contributed by atoms with E-state index in [1.807, 2.05) is 25.1 Å². The van der Waals surface area contributed by atoms with Gasteiger partial charge in [-0.15, -0.1) is 11.3 Å². The quantitative estimate of drug-likeness (QED) is 0.766. The minimum Gasteiger partial charge on any atom is -0.361 e. The molecular formula is C16H14ClN3O2S. The summed E-state index contributed by atoms with van der Waals surface area (Å²) in [6, 6.07) is 7.57. The molecule has 0 saturated heterocycles. The van der Waals surface area contributed by atoms with E-state index in [1.165, 1.54) is 11.3 Å². The zero-order valence-corrected chi connectivity index (χ0v) is 14.2. The second-order valence-corrected chi connectivity index (χ2v) is 6.69. The number of hydrogen-bond acceptors (Lipinski definition) is 5. The molecule has 0 spiro atoms. The summed E-state index contributed by atoms with van der Waals surface area (Å²) in [6.45, 7) is 3.70. The van der Waals surface area contributed by atoms with Crippen molar-refractivity contribution in [3.8, 4) is 0 Å². The Balaban J connectivity index is 1.68. The molecule has 3 aromatic rings. The van der Waals surface area contributed by atoms with Crippen molar-refractivity contribution in [3.05, 3.63) is 62.9 Å². The van der Waals surface area contributed by atoms with Crippen molar-refractivity contribution >= 4 is 34.0 Å². The van der Waals surface area contributed by atoms with Gasteiger partial charge in [0, 0.05) is 28.6 Å². The largest absolute Gasteiger partial charge is 0.361 e. The normalized spacial score (nSPS) is 10.7. The van der Waals surface area contributed by atoms with Crippen molar-refractivity contribution in [1.29, 1.82) is 0 Å². The summed E-state index contributed by atoms with van der Waals surface area (Å²) in [7, 11) is 0. The number of rotatable bonds is 4. The van der Waals surface area contributed by atoms with Gasteiger partial charge in [-0.2, -0.15) is 0 Å². The highest BCUT2D eigenvalue weighted by Crippen LogP contribution is 2.24. The molecule has 0 unspecified atom stereocenters. The summed E-state index contributed by atoms with van der Waals surface area (Å²) in [6.07, 6.45) is 2.47. The van der Waals surface area contributed by atoms with E-state index in [0.29, 0.717) is 10.9 Å². The van der Waals surface area contributed by atoms with E-state index in [4.69, 9.17) is 16.1 Å². The smallest absolute Gasteiger partial charge is 0.279 e. The third-order valence-corrected chi connectivity index (χ3v) is 4.57. The second kappa shape index (κ2) is 6.52. The van der Waals surface area contributed by atoms with Gasteiger partial charge in [0.15, 0.2) is 10.8 Å². The van der Waals surface area contributed by atoms with Crippen LogP contribution in [-0.4, -0.2) is 16.0 Å². The maximum Gasteiger partial charge on any atom is 0.279 e. The van der Waals surface area contributed by atoms with E-state index < -0.39 is 0 Å². The number of nitrogens with zero attached hydrogens (tertiary/aromatic N) is 2. The Kier molecular flexibility index (Phi) is 4.45. The van der Waals surface area contributed by atoms with Crippen LogP contribution in [0.4, 0.5) is 5.13 Å². The monoisotopic (exact) mass is 347 g/mol. The summed E-state index contributed by atoms with van der Waals surface area (Å²) in [5.74, 6) is 0.257. The maximum absolute atomic E-state index is 12.0. The fourth-order valence-electron chi connectivity index (χ4n) is 2.03. The minimum atomic E-state index is -0.332. The number of benzene rings is 1. The number of carbonyl (C=O) groups is 1. The fourth-order valence-corrected chi connectivity index (χ4v) is 3.07. The lowest BCUT2D eigenvalue weighted by Crippen LogP contribution is -2.11. The van der Waals surface area contributed by atoms with Crippen molar-refractivity contribution in [2.45, 2.75) is 20.3 Å². The van der Waals surface area contributed by atoms with E-state index in [2.05, 4.69) is 15.5 Å². The van der Waals surface area contributed by atoms with Crippen molar-refractivity contribution in [2.24, 2.45) is 0 Å². The highest BCUT2D eigenvalue weighted by atomic mass is 35.5. The first-order valence-corrected chi connectivity index (χ1v) is 8.15. The first-order valence-electron chi connectivity index (χ1n) is 6.95. The molecule has 2 heterocycles. The molecule has 3 rings (SSSR count). The van der Waals surface area contributed by atoms with Crippen LogP contribution in [0.1, 0.15) is 32.3 Å². The summed E-state index contributed by atoms with van der Waals surface area (Å²) >= 11 is 7.56. The molecule has 1 N–H and O–H groups in total. The molecule has 23 heavy (non-hydrogen) atoms. The van der Waals surface area contributed by atoms with Gasteiger partial charge in [0.2, 0.25) is 0 Å². The average Bonchev–Trinajstić information content (AvgIpc) is 3.12. The fraction of sp³-hybridized carbons (Fsp3) is 0.188. The number of thiazole rings is 1. The Bertz CT molecular complexity index is 857. The Hall–Kier alpha value is -2.18. The summed E-state index contributed by atoms with van der Waals surface area (Å²) in [5, 5.41) is 7.68. The zero-order chi connectivity index (χ0) is 16.4. The number of nitrogens with one attached hydrogen (secondary N) is 1. The Morgan fingerprint density at radius 3 is 2.87 bits per heavy atom. The standard InChI is InChI=1S/C16H14ClN3O2S/c1-9-3-4-11(7-13(9)17)6-12-8-18-16(23-12)19-15(21)14-5-10(2)22-20-14/h3-5,7-8H,6H2,1-2H3,(H,18,19,21). The molecule has 1 aromatic carbocycles. The first-order chi connectivity index (χ1) is 11.0. The predicted octanol–water partition coefficient (Wildman–Crippen LogP) is 4.24. The summed E-state index contributed by atoms with van der Waals surface area (Å²) in [4.78, 5) is 17.3. The third kappa shape index (κ3) is 3.78. The minimum absolute atomic E-state index is 0.240. The van der Waals surface area contributed by atoms with E-state index in [1.54, 1.807) is 19.2 Å². The molecule has 0 atom stereocenters. The van der Waals surface area contributed by atoms with Crippen LogP contribution < -0.4 is 5.32 Å². The number of hydrogen-bond donors (Lipinski definition) is 1. The molecule has 118 valence electrons. The van der Waals surface area contributed by atoms with Crippen molar-refractivity contribution in [3.63, 3.8) is 0 Å². The van der Waals surface area contributed by atoms with Gasteiger partial charge < -0.3 is 4.52 Å². The van der Waals surface area contributed by atoms with Gasteiger partial charge >= 0.3 is 0 Å². The van der Waals surface area contributed by atoms with E-state index in [9.17, 15) is 4.79 Å². The van der Waals surface area contributed by atoms with E-state index in [0.717, 1.165) is 27.4 Å². The number of aromatic nitrogens is 2. The van der Waals surface area contributed by atoms with Gasteiger partial charge in [0.25, 0.3) is 5.91 Å². The van der Waals surface area contributed by atoms with E-state index >= 15 is 0 Å². The Labute approximate surface area is 142 Å². The number of anilines is 1. The molecule has 0 radical (unpaired) electrons. The van der Waals surface area contributed by atoms with Gasteiger partial charge in [-0.05, 0) is 31.0 Å². The average molecular weight is 348 g/mol. The SMILES string of the molecule is Cc1cc(C(=O)Nc2ncc(Cc3ccc(C)c(Cl)c3)s2)no1. The van der Waals surface area contributed by atoms with Gasteiger partial charge in [0.1, 0.15) is 5.76 Å². The summed E-state index contributed by atoms with van der Waals surface area (Å²) < 4.78 is 4.89. The molecule has 0 saturated carbocycles. The van der Waals surface area contributed by atoms with Crippen LogP contribution in [0.25, 0.3) is 0 Å². The molecule has 0 aliphatic carbocycles. The van der Waals surface area contributed by atoms with Crippen molar-refractivity contribution in [1.82, 2.24) is 10.1 Å². The van der Waals surface area contributed by atoms with Crippen LogP contribution in [0, 0.1) is 13.8 Å².